The molecule has 0 amide bonds. The van der Waals surface area contributed by atoms with Crippen molar-refractivity contribution in [2.45, 2.75) is 6.92 Å². The van der Waals surface area contributed by atoms with Crippen LogP contribution in [0.3, 0.4) is 0 Å². The number of hydrogen-bond donors (Lipinski definition) is 0. The van der Waals surface area contributed by atoms with E-state index in [0.29, 0.717) is 17.9 Å². The van der Waals surface area contributed by atoms with Gasteiger partial charge >= 0.3 is 5.97 Å². The summed E-state index contributed by atoms with van der Waals surface area (Å²) < 4.78 is 15.9. The number of carbonyl (C=O) groups excluding carboxylic acids is 1. The van der Waals surface area contributed by atoms with Gasteiger partial charge in [0.15, 0.2) is 0 Å². The first kappa shape index (κ1) is 15.9. The fourth-order valence-corrected chi connectivity index (χ4v) is 2.39. The molecule has 0 saturated carbocycles. The Balaban J connectivity index is 1.82. The zero-order valence-corrected chi connectivity index (χ0v) is 13.6. The molecule has 1 aliphatic rings. The summed E-state index contributed by atoms with van der Waals surface area (Å²) in [6, 6.07) is 15.0. The summed E-state index contributed by atoms with van der Waals surface area (Å²) in [4.78, 5) is 12.1. The second-order valence-electron chi connectivity index (χ2n) is 5.23. The summed E-state index contributed by atoms with van der Waals surface area (Å²) in [7, 11) is 1.61. The van der Waals surface area contributed by atoms with Crippen LogP contribution >= 0.6 is 0 Å². The molecule has 0 fully saturated rings. The van der Waals surface area contributed by atoms with Crippen molar-refractivity contribution in [3.8, 4) is 11.5 Å². The quantitative estimate of drug-likeness (QED) is 0.615. The molecule has 1 heterocycles. The van der Waals surface area contributed by atoms with Crippen LogP contribution in [0.25, 0.3) is 11.8 Å². The van der Waals surface area contributed by atoms with E-state index in [0.717, 1.165) is 22.6 Å². The fourth-order valence-electron chi connectivity index (χ4n) is 2.39. The van der Waals surface area contributed by atoms with Crippen LogP contribution in [0.1, 0.15) is 18.1 Å². The smallest absolute Gasteiger partial charge is 0.343 e. The Bertz CT molecular complexity index is 783. The number of hydrogen-bond acceptors (Lipinski definition) is 4. The van der Waals surface area contributed by atoms with Crippen LogP contribution in [0, 0.1) is 0 Å². The number of cyclic esters (lactones) is 1. The Hall–Kier alpha value is -3.01. The van der Waals surface area contributed by atoms with Gasteiger partial charge in [-0.2, -0.15) is 0 Å². The van der Waals surface area contributed by atoms with Crippen LogP contribution in [0.2, 0.25) is 0 Å². The van der Waals surface area contributed by atoms with Gasteiger partial charge < -0.3 is 14.2 Å². The Kier molecular flexibility index (Phi) is 4.66. The molecule has 3 rings (SSSR count). The zero-order valence-electron chi connectivity index (χ0n) is 13.6. The molecule has 4 heteroatoms. The standard InChI is InChI=1S/C20H18O4/c1-3-23-18-8-4-14(5-9-18)12-16-13-19(24-20(16)21)15-6-10-17(22-2)11-7-15/h4-13H,3H2,1-2H3/b16-12+. The molecule has 0 N–H and O–H groups in total. The molecular weight excluding hydrogens is 304 g/mol. The van der Waals surface area contributed by atoms with Gasteiger partial charge in [0.25, 0.3) is 0 Å². The van der Waals surface area contributed by atoms with Crippen molar-refractivity contribution in [1.29, 1.82) is 0 Å². The monoisotopic (exact) mass is 322 g/mol. The fraction of sp³-hybridized carbons (Fsp3) is 0.150. The minimum Gasteiger partial charge on any atom is -0.497 e. The van der Waals surface area contributed by atoms with E-state index in [1.807, 2.05) is 55.5 Å². The lowest BCUT2D eigenvalue weighted by Gasteiger charge is -2.03. The molecule has 0 unspecified atom stereocenters. The molecule has 4 nitrogen and oxygen atoms in total. The van der Waals surface area contributed by atoms with E-state index in [2.05, 4.69) is 0 Å². The first-order valence-corrected chi connectivity index (χ1v) is 7.72. The minimum absolute atomic E-state index is 0.352. The summed E-state index contributed by atoms with van der Waals surface area (Å²) in [5, 5.41) is 0. The Morgan fingerprint density at radius 3 is 2.29 bits per heavy atom. The van der Waals surface area contributed by atoms with Gasteiger partial charge in [-0.15, -0.1) is 0 Å². The van der Waals surface area contributed by atoms with Crippen LogP contribution in [0.15, 0.2) is 60.2 Å². The molecule has 0 saturated heterocycles. The van der Waals surface area contributed by atoms with Gasteiger partial charge in [-0.1, -0.05) is 12.1 Å². The largest absolute Gasteiger partial charge is 0.497 e. The third-order valence-corrected chi connectivity index (χ3v) is 3.61. The minimum atomic E-state index is -0.352. The topological polar surface area (TPSA) is 44.8 Å². The van der Waals surface area contributed by atoms with Gasteiger partial charge in [-0.05, 0) is 61.0 Å². The third-order valence-electron chi connectivity index (χ3n) is 3.61. The first-order valence-electron chi connectivity index (χ1n) is 7.72. The summed E-state index contributed by atoms with van der Waals surface area (Å²) in [6.07, 6.45) is 3.55. The van der Waals surface area contributed by atoms with E-state index in [1.54, 1.807) is 19.3 Å². The van der Waals surface area contributed by atoms with Gasteiger partial charge in [0.2, 0.25) is 0 Å². The molecule has 122 valence electrons. The molecule has 2 aromatic rings. The zero-order chi connectivity index (χ0) is 16.9. The molecule has 0 bridgehead atoms. The molecule has 2 aromatic carbocycles. The Labute approximate surface area is 141 Å². The van der Waals surface area contributed by atoms with E-state index in [-0.39, 0.29) is 5.97 Å². The molecule has 0 radical (unpaired) electrons. The van der Waals surface area contributed by atoms with Crippen molar-refractivity contribution in [3.05, 3.63) is 71.3 Å². The summed E-state index contributed by atoms with van der Waals surface area (Å²) in [5.74, 6) is 1.76. The molecule has 0 aliphatic carbocycles. The number of benzene rings is 2. The number of ether oxygens (including phenoxy) is 3. The maximum atomic E-state index is 12.1. The van der Waals surface area contributed by atoms with Crippen LogP contribution in [-0.2, 0) is 9.53 Å². The van der Waals surface area contributed by atoms with Crippen molar-refractivity contribution in [2.24, 2.45) is 0 Å². The van der Waals surface area contributed by atoms with Crippen LogP contribution in [0.4, 0.5) is 0 Å². The molecule has 0 aromatic heterocycles. The summed E-state index contributed by atoms with van der Waals surface area (Å²) in [5.41, 5.74) is 2.27. The van der Waals surface area contributed by atoms with Gasteiger partial charge in [0.1, 0.15) is 17.3 Å². The third kappa shape index (κ3) is 3.49. The van der Waals surface area contributed by atoms with Gasteiger partial charge in [0.05, 0.1) is 19.3 Å². The predicted octanol–water partition coefficient (Wildman–Crippen LogP) is 4.08. The van der Waals surface area contributed by atoms with E-state index < -0.39 is 0 Å². The van der Waals surface area contributed by atoms with Gasteiger partial charge in [0, 0.05) is 5.56 Å². The maximum Gasteiger partial charge on any atom is 0.343 e. The highest BCUT2D eigenvalue weighted by atomic mass is 16.5. The molecule has 0 atom stereocenters. The lowest BCUT2D eigenvalue weighted by Crippen LogP contribution is -1.97. The summed E-state index contributed by atoms with van der Waals surface area (Å²) >= 11 is 0. The number of methoxy groups -OCH3 is 1. The van der Waals surface area contributed by atoms with Crippen LogP contribution < -0.4 is 9.47 Å². The highest BCUT2D eigenvalue weighted by Gasteiger charge is 2.21. The van der Waals surface area contributed by atoms with Crippen LogP contribution in [0.5, 0.6) is 11.5 Å². The molecular formula is C20H18O4. The predicted molar refractivity (Wildman–Crippen MR) is 92.7 cm³/mol. The molecule has 1 aliphatic heterocycles. The SMILES string of the molecule is CCOc1ccc(/C=C2\C=C(c3ccc(OC)cc3)OC2=O)cc1. The Morgan fingerprint density at radius 2 is 1.67 bits per heavy atom. The van der Waals surface area contributed by atoms with Crippen molar-refractivity contribution in [1.82, 2.24) is 0 Å². The van der Waals surface area contributed by atoms with Crippen molar-refractivity contribution in [2.75, 3.05) is 13.7 Å². The summed E-state index contributed by atoms with van der Waals surface area (Å²) in [6.45, 7) is 2.57. The maximum absolute atomic E-state index is 12.1. The molecule has 0 spiro atoms. The van der Waals surface area contributed by atoms with Gasteiger partial charge in [-0.3, -0.25) is 0 Å². The molecule has 24 heavy (non-hydrogen) atoms. The highest BCUT2D eigenvalue weighted by Crippen LogP contribution is 2.28. The van der Waals surface area contributed by atoms with Gasteiger partial charge in [-0.25, -0.2) is 4.79 Å². The average Bonchev–Trinajstić information content (AvgIpc) is 2.98. The van der Waals surface area contributed by atoms with Crippen molar-refractivity contribution < 1.29 is 19.0 Å². The lowest BCUT2D eigenvalue weighted by molar-refractivity contribution is -0.130. The second kappa shape index (κ2) is 7.04. The number of esters is 1. The normalized spacial score (nSPS) is 15.2. The second-order valence-corrected chi connectivity index (χ2v) is 5.23. The Morgan fingerprint density at radius 1 is 1.00 bits per heavy atom. The first-order chi connectivity index (χ1) is 11.7. The van der Waals surface area contributed by atoms with E-state index in [1.165, 1.54) is 0 Å². The number of carbonyl (C=O) groups is 1. The van der Waals surface area contributed by atoms with E-state index in [4.69, 9.17) is 14.2 Å². The van der Waals surface area contributed by atoms with E-state index >= 15 is 0 Å². The van der Waals surface area contributed by atoms with E-state index in [9.17, 15) is 4.79 Å². The van der Waals surface area contributed by atoms with Crippen molar-refractivity contribution in [3.63, 3.8) is 0 Å². The van der Waals surface area contributed by atoms with Crippen molar-refractivity contribution >= 4 is 17.8 Å². The highest BCUT2D eigenvalue weighted by molar-refractivity contribution is 6.05. The lowest BCUT2D eigenvalue weighted by atomic mass is 10.1. The average molecular weight is 322 g/mol. The van der Waals surface area contributed by atoms with Crippen LogP contribution in [-0.4, -0.2) is 19.7 Å². The number of rotatable bonds is 5.